The Balaban J connectivity index is 1.49. The lowest BCUT2D eigenvalue weighted by Crippen LogP contribution is -2.62. The predicted molar refractivity (Wildman–Crippen MR) is 186 cm³/mol. The van der Waals surface area contributed by atoms with Crippen molar-refractivity contribution >= 4 is 11.0 Å². The second kappa shape index (κ2) is 18.1. The number of hydrogen-bond acceptors (Lipinski definition) is 15. The average Bonchev–Trinajstić information content (AvgIpc) is 3.16. The van der Waals surface area contributed by atoms with Crippen LogP contribution in [0.2, 0.25) is 0 Å². The summed E-state index contributed by atoms with van der Waals surface area (Å²) in [6, 6.07) is 10.1. The van der Waals surface area contributed by atoms with Gasteiger partial charge >= 0.3 is 0 Å². The molecule has 52 heavy (non-hydrogen) atoms. The first-order valence-electron chi connectivity index (χ1n) is 16.7. The van der Waals surface area contributed by atoms with Crippen LogP contribution in [0.15, 0.2) is 45.6 Å². The van der Waals surface area contributed by atoms with Gasteiger partial charge in [0, 0.05) is 74.6 Å². The van der Waals surface area contributed by atoms with E-state index in [-0.39, 0.29) is 35.4 Å². The van der Waals surface area contributed by atoms with E-state index < -0.39 is 61.2 Å². The molecule has 0 saturated carbocycles. The van der Waals surface area contributed by atoms with Gasteiger partial charge in [-0.2, -0.15) is 0 Å². The van der Waals surface area contributed by atoms with E-state index in [2.05, 4.69) is 0 Å². The van der Waals surface area contributed by atoms with Gasteiger partial charge in [-0.3, -0.25) is 4.79 Å². The molecule has 2 aliphatic heterocycles. The zero-order valence-electron chi connectivity index (χ0n) is 31.3. The van der Waals surface area contributed by atoms with Gasteiger partial charge in [0.1, 0.15) is 88.9 Å². The van der Waals surface area contributed by atoms with E-state index in [9.17, 15) is 4.79 Å². The van der Waals surface area contributed by atoms with Crippen LogP contribution in [0.1, 0.15) is 11.7 Å². The van der Waals surface area contributed by atoms with Crippen LogP contribution < -0.4 is 19.6 Å². The summed E-state index contributed by atoms with van der Waals surface area (Å²) in [5.41, 5.74) is 0.995. The van der Waals surface area contributed by atoms with E-state index in [4.69, 9.17) is 66.0 Å². The molecule has 0 bridgehead atoms. The lowest BCUT2D eigenvalue weighted by Gasteiger charge is -2.45. The van der Waals surface area contributed by atoms with Crippen LogP contribution in [-0.4, -0.2) is 139 Å². The van der Waals surface area contributed by atoms with Crippen LogP contribution >= 0.6 is 0 Å². The zero-order chi connectivity index (χ0) is 37.5. The number of methoxy groups -OCH3 is 10. The maximum atomic E-state index is 13.9. The summed E-state index contributed by atoms with van der Waals surface area (Å²) < 4.78 is 82.5. The molecular formula is C37H50O15. The largest absolute Gasteiger partial charge is 0.496 e. The lowest BCUT2D eigenvalue weighted by atomic mass is 9.89. The Labute approximate surface area is 303 Å². The first kappa shape index (κ1) is 39.8. The molecule has 10 unspecified atom stereocenters. The van der Waals surface area contributed by atoms with Crippen LogP contribution in [0.3, 0.4) is 0 Å². The van der Waals surface area contributed by atoms with Crippen molar-refractivity contribution in [3.63, 3.8) is 0 Å². The van der Waals surface area contributed by atoms with Crippen molar-refractivity contribution in [2.45, 2.75) is 61.2 Å². The molecule has 15 nitrogen and oxygen atoms in total. The van der Waals surface area contributed by atoms with Crippen molar-refractivity contribution in [1.82, 2.24) is 0 Å². The summed E-state index contributed by atoms with van der Waals surface area (Å²) in [7, 11) is 15.6. The number of benzene rings is 2. The normalized spacial score (nSPS) is 29.3. The standard InChI is InChI=1S/C37H50O15/c1-39-17-25-29(42-4)33(45-7)35(47-9)32(51-25)28-23(41-3)16-24-27(31(28)44-6)21(38)15-22(50-24)19-11-13-20(14-12-19)49-37-36(48-10)34(46-8)30(43-5)26(52-37)18-40-2/h11-16,25-26,29-30,32-37H,17-18H2,1-10H3. The fourth-order valence-electron chi connectivity index (χ4n) is 7.23. The molecule has 5 rings (SSSR count). The van der Waals surface area contributed by atoms with Crippen LogP contribution in [0.5, 0.6) is 17.2 Å². The van der Waals surface area contributed by atoms with Crippen LogP contribution in [-0.2, 0) is 47.4 Å². The second-order valence-electron chi connectivity index (χ2n) is 12.3. The first-order chi connectivity index (χ1) is 25.3. The average molecular weight is 735 g/mol. The van der Waals surface area contributed by atoms with E-state index in [1.54, 1.807) is 87.2 Å². The van der Waals surface area contributed by atoms with Gasteiger partial charge in [-0.05, 0) is 24.3 Å². The highest BCUT2D eigenvalue weighted by Crippen LogP contribution is 2.47. The highest BCUT2D eigenvalue weighted by molar-refractivity contribution is 5.88. The molecule has 2 fully saturated rings. The maximum absolute atomic E-state index is 13.9. The molecule has 2 saturated heterocycles. The maximum Gasteiger partial charge on any atom is 0.229 e. The molecule has 0 spiro atoms. The minimum atomic E-state index is -0.824. The molecule has 0 N–H and O–H groups in total. The molecule has 0 radical (unpaired) electrons. The Hall–Kier alpha value is -3.35. The van der Waals surface area contributed by atoms with Gasteiger partial charge in [0.25, 0.3) is 0 Å². The molecule has 0 aliphatic carbocycles. The molecule has 2 aliphatic rings. The van der Waals surface area contributed by atoms with Crippen LogP contribution in [0, 0.1) is 0 Å². The van der Waals surface area contributed by atoms with E-state index in [1.807, 2.05) is 0 Å². The highest BCUT2D eigenvalue weighted by Gasteiger charge is 2.50. The SMILES string of the molecule is COCC1OC(Oc2ccc(-c3cc(=O)c4c(OC)c(C5OC(COC)C(OC)C(OC)C5OC)c(OC)cc4o3)cc2)C(OC)C(OC)C1OC. The van der Waals surface area contributed by atoms with Crippen LogP contribution in [0.4, 0.5) is 0 Å². The van der Waals surface area contributed by atoms with Crippen LogP contribution in [0.25, 0.3) is 22.3 Å². The van der Waals surface area contributed by atoms with Crippen molar-refractivity contribution in [1.29, 1.82) is 0 Å². The monoisotopic (exact) mass is 734 g/mol. The molecule has 1 aromatic heterocycles. The number of hydrogen-bond donors (Lipinski definition) is 0. The molecule has 288 valence electrons. The third-order valence-electron chi connectivity index (χ3n) is 9.59. The molecule has 0 amide bonds. The number of rotatable bonds is 16. The second-order valence-corrected chi connectivity index (χ2v) is 12.3. The molecule has 2 aromatic carbocycles. The molecule has 3 heterocycles. The van der Waals surface area contributed by atoms with Crippen molar-refractivity contribution in [3.8, 4) is 28.6 Å². The minimum Gasteiger partial charge on any atom is -0.496 e. The highest BCUT2D eigenvalue weighted by atomic mass is 16.7. The van der Waals surface area contributed by atoms with Crippen molar-refractivity contribution in [2.24, 2.45) is 0 Å². The molecule has 15 heteroatoms. The van der Waals surface area contributed by atoms with Gasteiger partial charge in [-0.25, -0.2) is 0 Å². The fraction of sp³-hybridized carbons (Fsp3) is 0.595. The fourth-order valence-corrected chi connectivity index (χ4v) is 7.23. The third-order valence-corrected chi connectivity index (χ3v) is 9.59. The quantitative estimate of drug-likeness (QED) is 0.211. The van der Waals surface area contributed by atoms with Crippen molar-refractivity contribution < 1.29 is 66.0 Å². The molecular weight excluding hydrogens is 684 g/mol. The van der Waals surface area contributed by atoms with Gasteiger partial charge in [0.15, 0.2) is 5.43 Å². The Morgan fingerprint density at radius 3 is 1.69 bits per heavy atom. The first-order valence-corrected chi connectivity index (χ1v) is 16.7. The van der Waals surface area contributed by atoms with Gasteiger partial charge < -0.3 is 66.0 Å². The minimum absolute atomic E-state index is 0.208. The lowest BCUT2D eigenvalue weighted by molar-refractivity contribution is -0.292. The Morgan fingerprint density at radius 2 is 1.17 bits per heavy atom. The number of fused-ring (bicyclic) bond motifs is 1. The van der Waals surface area contributed by atoms with Gasteiger partial charge in [0.05, 0.1) is 33.0 Å². The summed E-state index contributed by atoms with van der Waals surface area (Å²) in [6.45, 7) is 0.484. The van der Waals surface area contributed by atoms with E-state index in [0.717, 1.165) is 0 Å². The third kappa shape index (κ3) is 7.66. The number of ether oxygens (including phenoxy) is 13. The summed E-state index contributed by atoms with van der Waals surface area (Å²) in [5.74, 6) is 1.40. The summed E-state index contributed by atoms with van der Waals surface area (Å²) in [4.78, 5) is 13.9. The van der Waals surface area contributed by atoms with E-state index >= 15 is 0 Å². The van der Waals surface area contributed by atoms with Gasteiger partial charge in [-0.1, -0.05) is 0 Å². The molecule has 3 aromatic rings. The summed E-state index contributed by atoms with van der Waals surface area (Å²) >= 11 is 0. The Bertz CT molecular complexity index is 1640. The van der Waals surface area contributed by atoms with Crippen molar-refractivity contribution in [3.05, 3.63) is 52.2 Å². The Morgan fingerprint density at radius 1 is 0.615 bits per heavy atom. The van der Waals surface area contributed by atoms with E-state index in [1.165, 1.54) is 20.3 Å². The van der Waals surface area contributed by atoms with Gasteiger partial charge in [-0.15, -0.1) is 0 Å². The van der Waals surface area contributed by atoms with E-state index in [0.29, 0.717) is 28.4 Å². The van der Waals surface area contributed by atoms with Gasteiger partial charge in [0.2, 0.25) is 6.29 Å². The summed E-state index contributed by atoms with van der Waals surface area (Å²) in [6.07, 6.45) is -5.83. The topological polar surface area (TPSA) is 150 Å². The smallest absolute Gasteiger partial charge is 0.229 e. The summed E-state index contributed by atoms with van der Waals surface area (Å²) in [5, 5.41) is 0.208. The molecule has 10 atom stereocenters. The zero-order valence-corrected chi connectivity index (χ0v) is 31.3. The predicted octanol–water partition coefficient (Wildman–Crippen LogP) is 3.40. The van der Waals surface area contributed by atoms with Crippen molar-refractivity contribution in [2.75, 3.05) is 84.3 Å². The Kier molecular flexibility index (Phi) is 13.9.